The monoisotopic (exact) mass is 235 g/mol. The minimum atomic E-state index is 0. The molecule has 2 heterocycles. The molecule has 14 heavy (non-hydrogen) atoms. The Morgan fingerprint density at radius 1 is 1.21 bits per heavy atom. The van der Waals surface area contributed by atoms with Gasteiger partial charge in [-0.1, -0.05) is 0 Å². The SMILES string of the molecule is Cl.Cl.c1cnc(C2CCCNC2)nc1. The van der Waals surface area contributed by atoms with Gasteiger partial charge in [-0.05, 0) is 25.5 Å². The van der Waals surface area contributed by atoms with Crippen molar-refractivity contribution in [3.8, 4) is 0 Å². The second-order valence-electron chi connectivity index (χ2n) is 3.15. The summed E-state index contributed by atoms with van der Waals surface area (Å²) in [6.45, 7) is 2.17. The normalized spacial score (nSPS) is 20.4. The average Bonchev–Trinajstić information content (AvgIpc) is 2.21. The van der Waals surface area contributed by atoms with Crippen molar-refractivity contribution >= 4 is 24.8 Å². The molecule has 5 heteroatoms. The summed E-state index contributed by atoms with van der Waals surface area (Å²) in [7, 11) is 0. The first-order chi connectivity index (χ1) is 5.97. The van der Waals surface area contributed by atoms with Crippen LogP contribution in [0, 0.1) is 0 Å². The number of aromatic nitrogens is 2. The molecule has 3 nitrogen and oxygen atoms in total. The molecule has 0 aliphatic carbocycles. The fourth-order valence-electron chi connectivity index (χ4n) is 1.59. The Balaban J connectivity index is 0.000000845. The van der Waals surface area contributed by atoms with Crippen LogP contribution < -0.4 is 5.32 Å². The molecule has 0 saturated carbocycles. The van der Waals surface area contributed by atoms with Crippen LogP contribution in [-0.4, -0.2) is 23.1 Å². The van der Waals surface area contributed by atoms with Gasteiger partial charge in [0.1, 0.15) is 5.82 Å². The number of piperidine rings is 1. The Labute approximate surface area is 96.5 Å². The maximum Gasteiger partial charge on any atom is 0.132 e. The maximum absolute atomic E-state index is 4.25. The number of nitrogens with zero attached hydrogens (tertiary/aromatic N) is 2. The third-order valence-corrected chi connectivity index (χ3v) is 2.25. The third kappa shape index (κ3) is 3.40. The van der Waals surface area contributed by atoms with Crippen LogP contribution in [0.4, 0.5) is 0 Å². The quantitative estimate of drug-likeness (QED) is 0.807. The predicted molar refractivity (Wildman–Crippen MR) is 61.4 cm³/mol. The first-order valence-corrected chi connectivity index (χ1v) is 4.44. The van der Waals surface area contributed by atoms with Gasteiger partial charge in [0.25, 0.3) is 0 Å². The Hall–Kier alpha value is -0.380. The van der Waals surface area contributed by atoms with E-state index >= 15 is 0 Å². The summed E-state index contributed by atoms with van der Waals surface area (Å²) in [6.07, 6.45) is 6.09. The van der Waals surface area contributed by atoms with Crippen LogP contribution in [0.25, 0.3) is 0 Å². The lowest BCUT2D eigenvalue weighted by Crippen LogP contribution is -2.29. The van der Waals surface area contributed by atoms with Gasteiger partial charge in [-0.25, -0.2) is 9.97 Å². The van der Waals surface area contributed by atoms with E-state index in [0.717, 1.165) is 18.9 Å². The Kier molecular flexibility index (Phi) is 6.79. The van der Waals surface area contributed by atoms with E-state index in [1.165, 1.54) is 12.8 Å². The predicted octanol–water partition coefficient (Wildman–Crippen LogP) is 1.79. The van der Waals surface area contributed by atoms with E-state index in [4.69, 9.17) is 0 Å². The Bertz CT molecular complexity index is 237. The Morgan fingerprint density at radius 2 is 1.93 bits per heavy atom. The number of nitrogens with one attached hydrogen (secondary N) is 1. The van der Waals surface area contributed by atoms with Gasteiger partial charge in [0.05, 0.1) is 0 Å². The van der Waals surface area contributed by atoms with Gasteiger partial charge in [0.2, 0.25) is 0 Å². The zero-order chi connectivity index (χ0) is 8.23. The van der Waals surface area contributed by atoms with Gasteiger partial charge in [-0.15, -0.1) is 24.8 Å². The fourth-order valence-corrected chi connectivity index (χ4v) is 1.59. The largest absolute Gasteiger partial charge is 0.316 e. The molecule has 1 N–H and O–H groups in total. The van der Waals surface area contributed by atoms with Crippen molar-refractivity contribution in [2.24, 2.45) is 0 Å². The highest BCUT2D eigenvalue weighted by molar-refractivity contribution is 5.85. The zero-order valence-electron chi connectivity index (χ0n) is 7.85. The molecule has 0 spiro atoms. The van der Waals surface area contributed by atoms with Gasteiger partial charge in [-0.2, -0.15) is 0 Å². The van der Waals surface area contributed by atoms with Crippen molar-refractivity contribution in [1.29, 1.82) is 0 Å². The van der Waals surface area contributed by atoms with Crippen LogP contribution in [0.15, 0.2) is 18.5 Å². The standard InChI is InChI=1S/C9H13N3.2ClH/c1-3-8(7-10-4-1)9-11-5-2-6-12-9;;/h2,5-6,8,10H,1,3-4,7H2;2*1H. The van der Waals surface area contributed by atoms with E-state index in [9.17, 15) is 0 Å². The number of hydrogen-bond donors (Lipinski definition) is 1. The van der Waals surface area contributed by atoms with Crippen LogP contribution in [0.5, 0.6) is 0 Å². The van der Waals surface area contributed by atoms with Crippen molar-refractivity contribution in [2.75, 3.05) is 13.1 Å². The van der Waals surface area contributed by atoms with Crippen LogP contribution in [0.1, 0.15) is 24.6 Å². The second-order valence-corrected chi connectivity index (χ2v) is 3.15. The molecule has 1 aromatic rings. The average molecular weight is 236 g/mol. The van der Waals surface area contributed by atoms with E-state index in [1.807, 2.05) is 18.5 Å². The molecule has 1 saturated heterocycles. The minimum absolute atomic E-state index is 0. The molecule has 1 aromatic heterocycles. The van der Waals surface area contributed by atoms with Crippen LogP contribution in [0.2, 0.25) is 0 Å². The molecule has 1 aliphatic heterocycles. The molecule has 80 valence electrons. The molecule has 0 amide bonds. The molecular formula is C9H15Cl2N3. The summed E-state index contributed by atoms with van der Waals surface area (Å²) in [5.41, 5.74) is 0. The third-order valence-electron chi connectivity index (χ3n) is 2.25. The van der Waals surface area contributed by atoms with Crippen molar-refractivity contribution in [1.82, 2.24) is 15.3 Å². The molecule has 0 aromatic carbocycles. The van der Waals surface area contributed by atoms with Gasteiger partial charge in [0.15, 0.2) is 0 Å². The van der Waals surface area contributed by atoms with E-state index in [-0.39, 0.29) is 24.8 Å². The van der Waals surface area contributed by atoms with E-state index in [0.29, 0.717) is 5.92 Å². The van der Waals surface area contributed by atoms with Gasteiger partial charge < -0.3 is 5.32 Å². The highest BCUT2D eigenvalue weighted by atomic mass is 35.5. The lowest BCUT2D eigenvalue weighted by atomic mass is 9.99. The smallest absolute Gasteiger partial charge is 0.132 e. The topological polar surface area (TPSA) is 37.8 Å². The lowest BCUT2D eigenvalue weighted by molar-refractivity contribution is 0.446. The van der Waals surface area contributed by atoms with Crippen LogP contribution in [0.3, 0.4) is 0 Å². The van der Waals surface area contributed by atoms with Crippen molar-refractivity contribution in [3.63, 3.8) is 0 Å². The van der Waals surface area contributed by atoms with Crippen molar-refractivity contribution in [2.45, 2.75) is 18.8 Å². The van der Waals surface area contributed by atoms with Gasteiger partial charge in [0, 0.05) is 24.9 Å². The Morgan fingerprint density at radius 3 is 2.50 bits per heavy atom. The number of rotatable bonds is 1. The van der Waals surface area contributed by atoms with Gasteiger partial charge >= 0.3 is 0 Å². The number of hydrogen-bond acceptors (Lipinski definition) is 3. The molecule has 1 fully saturated rings. The van der Waals surface area contributed by atoms with Crippen LogP contribution >= 0.6 is 24.8 Å². The minimum Gasteiger partial charge on any atom is -0.316 e. The molecule has 0 bridgehead atoms. The zero-order valence-corrected chi connectivity index (χ0v) is 9.48. The first kappa shape index (κ1) is 13.6. The number of halogens is 2. The van der Waals surface area contributed by atoms with E-state index in [1.54, 1.807) is 0 Å². The summed E-state index contributed by atoms with van der Waals surface area (Å²) >= 11 is 0. The van der Waals surface area contributed by atoms with Gasteiger partial charge in [-0.3, -0.25) is 0 Å². The van der Waals surface area contributed by atoms with Crippen molar-refractivity contribution in [3.05, 3.63) is 24.3 Å². The molecule has 1 aliphatic rings. The van der Waals surface area contributed by atoms with E-state index < -0.39 is 0 Å². The molecule has 1 atom stereocenters. The highest BCUT2D eigenvalue weighted by Gasteiger charge is 2.16. The van der Waals surface area contributed by atoms with E-state index in [2.05, 4.69) is 15.3 Å². The molecule has 2 rings (SSSR count). The molecular weight excluding hydrogens is 221 g/mol. The first-order valence-electron chi connectivity index (χ1n) is 4.44. The summed E-state index contributed by atoms with van der Waals surface area (Å²) in [5, 5.41) is 3.35. The summed E-state index contributed by atoms with van der Waals surface area (Å²) < 4.78 is 0. The summed E-state index contributed by atoms with van der Waals surface area (Å²) in [4.78, 5) is 8.50. The van der Waals surface area contributed by atoms with Crippen molar-refractivity contribution < 1.29 is 0 Å². The fraction of sp³-hybridized carbons (Fsp3) is 0.556. The maximum atomic E-state index is 4.25. The summed E-state index contributed by atoms with van der Waals surface area (Å²) in [5.74, 6) is 1.52. The highest BCUT2D eigenvalue weighted by Crippen LogP contribution is 2.18. The second kappa shape index (κ2) is 6.98. The molecule has 1 unspecified atom stereocenters. The molecule has 0 radical (unpaired) electrons. The summed E-state index contributed by atoms with van der Waals surface area (Å²) in [6, 6.07) is 1.86. The van der Waals surface area contributed by atoms with Crippen LogP contribution in [-0.2, 0) is 0 Å². The lowest BCUT2D eigenvalue weighted by Gasteiger charge is -2.20.